The molecule has 1 aliphatic heterocycles. The van der Waals surface area contributed by atoms with E-state index in [0.29, 0.717) is 17.5 Å². The molecule has 2 rings (SSSR count). The van der Waals surface area contributed by atoms with Crippen LogP contribution in [0.5, 0.6) is 0 Å². The fraction of sp³-hybridized carbons (Fsp3) is 0.533. The third-order valence-corrected chi connectivity index (χ3v) is 4.70. The molecule has 0 unspecified atom stereocenters. The van der Waals surface area contributed by atoms with Crippen LogP contribution in [0.3, 0.4) is 0 Å². The van der Waals surface area contributed by atoms with Gasteiger partial charge in [0.15, 0.2) is 0 Å². The lowest BCUT2D eigenvalue weighted by atomic mass is 10.0. The zero-order valence-electron chi connectivity index (χ0n) is 11.8. The minimum atomic E-state index is -0.992. The number of carbonyl (C=O) groups is 1. The summed E-state index contributed by atoms with van der Waals surface area (Å²) in [5.74, 6) is 0.596. The summed E-state index contributed by atoms with van der Waals surface area (Å²) < 4.78 is 11.3. The largest absolute Gasteiger partial charge is 0.335 e. The Kier molecular flexibility index (Phi) is 4.40. The maximum absolute atomic E-state index is 12.5. The average molecular weight is 279 g/mol. The third-order valence-electron chi connectivity index (χ3n) is 3.76. The smallest absolute Gasteiger partial charge is 0.254 e. The van der Waals surface area contributed by atoms with Crippen molar-refractivity contribution in [2.75, 3.05) is 12.8 Å². The number of benzene rings is 1. The number of hydrogen-bond donors (Lipinski definition) is 0. The van der Waals surface area contributed by atoms with Gasteiger partial charge in [-0.05, 0) is 43.0 Å². The van der Waals surface area contributed by atoms with Gasteiger partial charge in [0.1, 0.15) is 0 Å². The molecular formula is C15H21NO2S. The molecule has 1 amide bonds. The van der Waals surface area contributed by atoms with Gasteiger partial charge in [-0.3, -0.25) is 9.00 Å². The Balaban J connectivity index is 2.17. The van der Waals surface area contributed by atoms with Crippen molar-refractivity contribution >= 4 is 16.7 Å². The first-order valence-electron chi connectivity index (χ1n) is 6.75. The fourth-order valence-electron chi connectivity index (χ4n) is 2.69. The van der Waals surface area contributed by atoms with Gasteiger partial charge in [0.25, 0.3) is 5.91 Å². The standard InChI is InChI=1S/C15H21NO2S/c1-11(2)14-5-4-10-16(14)15(17)12-6-8-13(9-7-12)19(3)18/h6-9,11,14H,4-5,10H2,1-3H3/t14-,19-/m0/s1. The van der Waals surface area contributed by atoms with Crippen molar-refractivity contribution in [2.24, 2.45) is 5.92 Å². The van der Waals surface area contributed by atoms with E-state index >= 15 is 0 Å². The molecule has 1 heterocycles. The van der Waals surface area contributed by atoms with E-state index in [2.05, 4.69) is 13.8 Å². The van der Waals surface area contributed by atoms with Gasteiger partial charge >= 0.3 is 0 Å². The van der Waals surface area contributed by atoms with E-state index < -0.39 is 10.8 Å². The van der Waals surface area contributed by atoms with Crippen LogP contribution in [0, 0.1) is 5.92 Å². The van der Waals surface area contributed by atoms with Crippen LogP contribution in [0.15, 0.2) is 29.2 Å². The zero-order chi connectivity index (χ0) is 14.0. The van der Waals surface area contributed by atoms with E-state index in [1.54, 1.807) is 30.5 Å². The molecule has 0 aliphatic carbocycles. The number of hydrogen-bond acceptors (Lipinski definition) is 2. The van der Waals surface area contributed by atoms with E-state index in [4.69, 9.17) is 0 Å². The molecule has 0 spiro atoms. The Morgan fingerprint density at radius 3 is 2.47 bits per heavy atom. The van der Waals surface area contributed by atoms with E-state index in [1.807, 2.05) is 4.90 Å². The van der Waals surface area contributed by atoms with Gasteiger partial charge in [-0.25, -0.2) is 0 Å². The first kappa shape index (κ1) is 14.3. The zero-order valence-corrected chi connectivity index (χ0v) is 12.6. The van der Waals surface area contributed by atoms with Crippen molar-refractivity contribution in [1.82, 2.24) is 4.90 Å². The summed E-state index contributed by atoms with van der Waals surface area (Å²) in [4.78, 5) is 15.2. The molecule has 4 heteroatoms. The van der Waals surface area contributed by atoms with Gasteiger partial charge in [-0.1, -0.05) is 13.8 Å². The van der Waals surface area contributed by atoms with E-state index in [-0.39, 0.29) is 5.91 Å². The first-order chi connectivity index (χ1) is 9.00. The summed E-state index contributed by atoms with van der Waals surface area (Å²) in [6, 6.07) is 7.49. The summed E-state index contributed by atoms with van der Waals surface area (Å²) in [6.45, 7) is 5.18. The molecule has 0 aromatic heterocycles. The van der Waals surface area contributed by atoms with Crippen LogP contribution >= 0.6 is 0 Å². The van der Waals surface area contributed by atoms with Crippen molar-refractivity contribution < 1.29 is 9.00 Å². The van der Waals surface area contributed by atoms with Gasteiger partial charge in [0.2, 0.25) is 0 Å². The van der Waals surface area contributed by atoms with Crippen LogP contribution in [-0.4, -0.2) is 33.9 Å². The number of rotatable bonds is 3. The highest BCUT2D eigenvalue weighted by atomic mass is 32.2. The molecule has 0 bridgehead atoms. The lowest BCUT2D eigenvalue weighted by Crippen LogP contribution is -2.38. The molecule has 1 saturated heterocycles. The highest BCUT2D eigenvalue weighted by Crippen LogP contribution is 2.25. The summed E-state index contributed by atoms with van der Waals surface area (Å²) >= 11 is 0. The molecule has 2 atom stereocenters. The molecule has 0 saturated carbocycles. The van der Waals surface area contributed by atoms with Crippen LogP contribution in [-0.2, 0) is 10.8 Å². The van der Waals surface area contributed by atoms with Crippen LogP contribution in [0.2, 0.25) is 0 Å². The number of carbonyl (C=O) groups excluding carboxylic acids is 1. The molecule has 0 N–H and O–H groups in total. The van der Waals surface area contributed by atoms with Crippen molar-refractivity contribution in [3.63, 3.8) is 0 Å². The average Bonchev–Trinajstić information content (AvgIpc) is 2.87. The molecule has 19 heavy (non-hydrogen) atoms. The maximum atomic E-state index is 12.5. The molecule has 1 aliphatic rings. The van der Waals surface area contributed by atoms with E-state index in [1.165, 1.54) is 0 Å². The van der Waals surface area contributed by atoms with Crippen LogP contribution in [0.1, 0.15) is 37.0 Å². The van der Waals surface area contributed by atoms with Gasteiger partial charge in [0.05, 0.1) is 0 Å². The summed E-state index contributed by atoms with van der Waals surface area (Å²) in [7, 11) is -0.992. The Morgan fingerprint density at radius 2 is 1.95 bits per heavy atom. The van der Waals surface area contributed by atoms with Crippen LogP contribution in [0.4, 0.5) is 0 Å². The number of likely N-dealkylation sites (tertiary alicyclic amines) is 1. The summed E-state index contributed by atoms with van der Waals surface area (Å²) in [5, 5.41) is 0. The highest BCUT2D eigenvalue weighted by molar-refractivity contribution is 7.84. The van der Waals surface area contributed by atoms with Gasteiger partial charge in [0, 0.05) is 40.1 Å². The third kappa shape index (κ3) is 3.06. The Hall–Kier alpha value is -1.16. The van der Waals surface area contributed by atoms with E-state index in [9.17, 15) is 9.00 Å². The Morgan fingerprint density at radius 1 is 1.32 bits per heavy atom. The minimum absolute atomic E-state index is 0.102. The number of nitrogens with zero attached hydrogens (tertiary/aromatic N) is 1. The molecule has 3 nitrogen and oxygen atoms in total. The van der Waals surface area contributed by atoms with Crippen molar-refractivity contribution in [3.8, 4) is 0 Å². The summed E-state index contributed by atoms with van der Waals surface area (Å²) in [6.07, 6.45) is 3.83. The summed E-state index contributed by atoms with van der Waals surface area (Å²) in [5.41, 5.74) is 0.696. The molecule has 1 aromatic rings. The second-order valence-electron chi connectivity index (χ2n) is 5.43. The van der Waals surface area contributed by atoms with Gasteiger partial charge in [-0.2, -0.15) is 0 Å². The second-order valence-corrected chi connectivity index (χ2v) is 6.81. The quantitative estimate of drug-likeness (QED) is 0.853. The van der Waals surface area contributed by atoms with Crippen molar-refractivity contribution in [3.05, 3.63) is 29.8 Å². The second kappa shape index (κ2) is 5.87. The maximum Gasteiger partial charge on any atom is 0.254 e. The lowest BCUT2D eigenvalue weighted by molar-refractivity contribution is 0.0701. The van der Waals surface area contributed by atoms with Gasteiger partial charge < -0.3 is 4.90 Å². The van der Waals surface area contributed by atoms with Crippen molar-refractivity contribution in [2.45, 2.75) is 37.6 Å². The molecule has 1 aromatic carbocycles. The Labute approximate surface area is 117 Å². The predicted octanol–water partition coefficient (Wildman–Crippen LogP) is 2.68. The Bertz CT molecular complexity index is 481. The molecular weight excluding hydrogens is 258 g/mol. The van der Waals surface area contributed by atoms with Crippen molar-refractivity contribution in [1.29, 1.82) is 0 Å². The van der Waals surface area contributed by atoms with Gasteiger partial charge in [-0.15, -0.1) is 0 Å². The lowest BCUT2D eigenvalue weighted by Gasteiger charge is -2.27. The highest BCUT2D eigenvalue weighted by Gasteiger charge is 2.31. The monoisotopic (exact) mass is 279 g/mol. The van der Waals surface area contributed by atoms with Crippen LogP contribution < -0.4 is 0 Å². The topological polar surface area (TPSA) is 37.4 Å². The number of amides is 1. The molecule has 1 fully saturated rings. The first-order valence-corrected chi connectivity index (χ1v) is 8.31. The molecule has 104 valence electrons. The van der Waals surface area contributed by atoms with Crippen LogP contribution in [0.25, 0.3) is 0 Å². The minimum Gasteiger partial charge on any atom is -0.335 e. The fourth-order valence-corrected chi connectivity index (χ4v) is 3.21. The predicted molar refractivity (Wildman–Crippen MR) is 77.7 cm³/mol. The molecule has 0 radical (unpaired) electrons. The van der Waals surface area contributed by atoms with E-state index in [0.717, 1.165) is 24.3 Å². The normalized spacial score (nSPS) is 20.8. The SMILES string of the molecule is CC(C)[C@@H]1CCCN1C(=O)c1ccc([S@](C)=O)cc1.